The topological polar surface area (TPSA) is 17.1 Å². The Bertz CT molecular complexity index is 194. The third kappa shape index (κ3) is 6.79. The van der Waals surface area contributed by atoms with E-state index in [0.717, 1.165) is 11.0 Å². The third-order valence-corrected chi connectivity index (χ3v) is 1.69. The van der Waals surface area contributed by atoms with Crippen molar-refractivity contribution in [3.8, 4) is 0 Å². The van der Waals surface area contributed by atoms with Gasteiger partial charge in [-0.15, -0.1) is 0 Å². The van der Waals surface area contributed by atoms with Crippen molar-refractivity contribution in [1.29, 1.82) is 0 Å². The molecule has 3 heteroatoms. The normalized spacial score (nSPS) is 13.0. The molecule has 0 amide bonds. The molecule has 78 valence electrons. The maximum Gasteiger partial charge on any atom is 0.166 e. The highest BCUT2D eigenvalue weighted by Crippen LogP contribution is 2.07. The first-order valence-electron chi connectivity index (χ1n) is 4.24. The number of ketones is 1. The Morgan fingerprint density at radius 1 is 1.38 bits per heavy atom. The lowest BCUT2D eigenvalue weighted by Crippen LogP contribution is -3.00. The van der Waals surface area contributed by atoms with Crippen molar-refractivity contribution in [3.63, 3.8) is 0 Å². The van der Waals surface area contributed by atoms with Gasteiger partial charge in [0.15, 0.2) is 5.78 Å². The van der Waals surface area contributed by atoms with Gasteiger partial charge < -0.3 is 16.9 Å². The number of nitrogens with zero attached hydrogens (tertiary/aromatic N) is 1. The molecule has 0 saturated carbocycles. The maximum atomic E-state index is 11.4. The molecule has 0 bridgehead atoms. The zero-order valence-corrected chi connectivity index (χ0v) is 9.98. The van der Waals surface area contributed by atoms with Gasteiger partial charge in [-0.05, 0) is 19.4 Å². The lowest BCUT2D eigenvalue weighted by Gasteiger charge is -2.26. The zero-order chi connectivity index (χ0) is 9.94. The molecule has 0 heterocycles. The van der Waals surface area contributed by atoms with Gasteiger partial charge in [0.25, 0.3) is 0 Å². The number of hydrogen-bond acceptors (Lipinski definition) is 1. The van der Waals surface area contributed by atoms with E-state index in [2.05, 4.69) is 27.7 Å². The molecule has 0 aromatic rings. The van der Waals surface area contributed by atoms with E-state index in [1.165, 1.54) is 0 Å². The van der Waals surface area contributed by atoms with Crippen molar-refractivity contribution >= 4 is 5.78 Å². The summed E-state index contributed by atoms with van der Waals surface area (Å²) in [5.74, 6) is 0.269. The molecule has 13 heavy (non-hydrogen) atoms. The van der Waals surface area contributed by atoms with Crippen LogP contribution in [-0.4, -0.2) is 38.0 Å². The molecule has 0 aromatic heterocycles. The maximum absolute atomic E-state index is 11.4. The highest BCUT2D eigenvalue weighted by Gasteiger charge is 2.20. The molecule has 0 fully saturated rings. The van der Waals surface area contributed by atoms with Gasteiger partial charge in [-0.3, -0.25) is 4.79 Å². The Hall–Kier alpha value is -0.340. The van der Waals surface area contributed by atoms with Crippen LogP contribution < -0.4 is 12.4 Å². The Kier molecular flexibility index (Phi) is 6.30. The Morgan fingerprint density at radius 2 is 1.77 bits per heavy atom. The van der Waals surface area contributed by atoms with Gasteiger partial charge in [0, 0.05) is 0 Å². The number of Topliss-reactive ketones (excluding diaryl/α,β-unsaturated/α-hetero) is 1. The summed E-state index contributed by atoms with van der Waals surface area (Å²) in [6, 6.07) is 0. The van der Waals surface area contributed by atoms with Gasteiger partial charge >= 0.3 is 0 Å². The lowest BCUT2D eigenvalue weighted by molar-refractivity contribution is -0.872. The van der Waals surface area contributed by atoms with Crippen molar-refractivity contribution in [2.75, 3.05) is 27.7 Å². The van der Waals surface area contributed by atoms with Gasteiger partial charge in [0.05, 0.1) is 33.6 Å². The molecule has 0 spiro atoms. The number of rotatable bonds is 4. The van der Waals surface area contributed by atoms with Crippen LogP contribution >= 0.6 is 0 Å². The molecule has 0 aliphatic carbocycles. The van der Waals surface area contributed by atoms with Crippen molar-refractivity contribution < 1.29 is 21.7 Å². The quantitative estimate of drug-likeness (QED) is 0.403. The van der Waals surface area contributed by atoms with E-state index in [9.17, 15) is 4.79 Å². The summed E-state index contributed by atoms with van der Waals surface area (Å²) in [5.41, 5.74) is 0.663. The van der Waals surface area contributed by atoms with Crippen LogP contribution in [0.4, 0.5) is 0 Å². The third-order valence-electron chi connectivity index (χ3n) is 1.69. The largest absolute Gasteiger partial charge is 1.00 e. The fourth-order valence-electron chi connectivity index (χ4n) is 1.33. The molecule has 0 rings (SSSR count). The smallest absolute Gasteiger partial charge is 0.166 e. The standard InChI is InChI=1S/C10H20NO.ClH/c1-8(2)10(12)9(3)7-11(4,5)6;/h9H,1,7H2,2-6H3;1H/q+1;/p-1. The monoisotopic (exact) mass is 205 g/mol. The summed E-state index contributed by atoms with van der Waals surface area (Å²) in [7, 11) is 6.26. The van der Waals surface area contributed by atoms with Crippen LogP contribution in [0.3, 0.4) is 0 Å². The number of allylic oxidation sites excluding steroid dienone is 1. The summed E-state index contributed by atoms with van der Waals surface area (Å²) in [5, 5.41) is 0. The molecular weight excluding hydrogens is 186 g/mol. The van der Waals surface area contributed by atoms with E-state index >= 15 is 0 Å². The number of carbonyl (C=O) groups excluding carboxylic acids is 1. The number of quaternary nitrogens is 1. The second-order valence-electron chi connectivity index (χ2n) is 4.52. The zero-order valence-electron chi connectivity index (χ0n) is 9.22. The minimum Gasteiger partial charge on any atom is -1.00 e. The highest BCUT2D eigenvalue weighted by molar-refractivity contribution is 5.95. The molecule has 0 saturated heterocycles. The fraction of sp³-hybridized carbons (Fsp3) is 0.700. The van der Waals surface area contributed by atoms with Crippen molar-refractivity contribution in [1.82, 2.24) is 0 Å². The fourth-order valence-corrected chi connectivity index (χ4v) is 1.33. The van der Waals surface area contributed by atoms with E-state index in [-0.39, 0.29) is 24.1 Å². The SMILES string of the molecule is C=C(C)C(=O)C(C)C[N+](C)(C)C.[Cl-]. The summed E-state index contributed by atoms with van der Waals surface area (Å²) in [4.78, 5) is 11.4. The predicted octanol–water partition coefficient (Wildman–Crippen LogP) is -1.52. The summed E-state index contributed by atoms with van der Waals surface area (Å²) >= 11 is 0. The minimum atomic E-state index is 0. The number of hydrogen-bond donors (Lipinski definition) is 0. The van der Waals surface area contributed by atoms with Crippen LogP contribution in [-0.2, 0) is 4.79 Å². The van der Waals surface area contributed by atoms with E-state index in [4.69, 9.17) is 0 Å². The Morgan fingerprint density at radius 3 is 2.00 bits per heavy atom. The van der Waals surface area contributed by atoms with E-state index in [1.807, 2.05) is 6.92 Å². The van der Waals surface area contributed by atoms with Crippen molar-refractivity contribution in [3.05, 3.63) is 12.2 Å². The average molecular weight is 206 g/mol. The molecule has 2 nitrogen and oxygen atoms in total. The molecule has 0 aromatic carbocycles. The molecular formula is C10H20ClNO. The van der Waals surface area contributed by atoms with Crippen LogP contribution in [0.5, 0.6) is 0 Å². The Balaban J connectivity index is 0. The van der Waals surface area contributed by atoms with Gasteiger partial charge in [-0.2, -0.15) is 0 Å². The molecule has 0 aliphatic rings. The molecule has 1 unspecified atom stereocenters. The molecule has 0 radical (unpaired) electrons. The summed E-state index contributed by atoms with van der Waals surface area (Å²) in [6.45, 7) is 8.25. The number of halogens is 1. The molecule has 0 aliphatic heterocycles. The first kappa shape index (κ1) is 15.1. The van der Waals surface area contributed by atoms with Crippen LogP contribution in [0.25, 0.3) is 0 Å². The van der Waals surface area contributed by atoms with Crippen LogP contribution in [0.1, 0.15) is 13.8 Å². The van der Waals surface area contributed by atoms with Gasteiger partial charge in [-0.25, -0.2) is 0 Å². The lowest BCUT2D eigenvalue weighted by atomic mass is 10.0. The summed E-state index contributed by atoms with van der Waals surface area (Å²) < 4.78 is 0.820. The van der Waals surface area contributed by atoms with Gasteiger partial charge in [-0.1, -0.05) is 6.58 Å². The van der Waals surface area contributed by atoms with Gasteiger partial charge in [0.1, 0.15) is 0 Å². The van der Waals surface area contributed by atoms with E-state index < -0.39 is 0 Å². The molecule has 1 atom stereocenters. The molecule has 0 N–H and O–H groups in total. The van der Waals surface area contributed by atoms with Crippen molar-refractivity contribution in [2.24, 2.45) is 5.92 Å². The summed E-state index contributed by atoms with van der Waals surface area (Å²) in [6.07, 6.45) is 0. The van der Waals surface area contributed by atoms with Crippen LogP contribution in [0.15, 0.2) is 12.2 Å². The first-order valence-corrected chi connectivity index (χ1v) is 4.24. The van der Waals surface area contributed by atoms with E-state index in [0.29, 0.717) is 5.57 Å². The van der Waals surface area contributed by atoms with E-state index in [1.54, 1.807) is 6.92 Å². The second kappa shape index (κ2) is 5.40. The second-order valence-corrected chi connectivity index (χ2v) is 4.52. The van der Waals surface area contributed by atoms with Crippen LogP contribution in [0.2, 0.25) is 0 Å². The van der Waals surface area contributed by atoms with Crippen LogP contribution in [0, 0.1) is 5.92 Å². The average Bonchev–Trinajstić information content (AvgIpc) is 1.82. The Labute approximate surface area is 87.6 Å². The number of carbonyl (C=O) groups is 1. The van der Waals surface area contributed by atoms with Gasteiger partial charge in [0.2, 0.25) is 0 Å². The minimum absolute atomic E-state index is 0. The predicted molar refractivity (Wildman–Crippen MR) is 51.9 cm³/mol. The highest BCUT2D eigenvalue weighted by atomic mass is 35.5. The van der Waals surface area contributed by atoms with Crippen molar-refractivity contribution in [2.45, 2.75) is 13.8 Å². The first-order chi connectivity index (χ1) is 5.24.